The Balaban J connectivity index is 2.58. The molecule has 0 saturated carbocycles. The second-order valence-electron chi connectivity index (χ2n) is 3.45. The average molecular weight is 322 g/mol. The number of carbonyl (C=O) groups is 1. The zero-order valence-corrected chi connectivity index (χ0v) is 11.5. The summed E-state index contributed by atoms with van der Waals surface area (Å²) in [4.78, 5) is 11.8. The number of carbonyl (C=O) groups excluding carboxylic acids is 1. The summed E-state index contributed by atoms with van der Waals surface area (Å²) >= 11 is 3.89. The topological polar surface area (TPSA) is 17.1 Å². The van der Waals surface area contributed by atoms with Gasteiger partial charge in [0.25, 0.3) is 0 Å². The smallest absolute Gasteiger partial charge is 0.164 e. The van der Waals surface area contributed by atoms with E-state index in [0.717, 1.165) is 18.4 Å². The molecule has 0 aliphatic heterocycles. The molecule has 1 aromatic rings. The molecule has 78 valence electrons. The van der Waals surface area contributed by atoms with Gasteiger partial charge in [0.15, 0.2) is 5.78 Å². The predicted molar refractivity (Wildman–Crippen MR) is 70.1 cm³/mol. The van der Waals surface area contributed by atoms with Gasteiger partial charge in [-0.25, -0.2) is 0 Å². The van der Waals surface area contributed by atoms with E-state index in [9.17, 15) is 4.79 Å². The number of hydrogen-bond donors (Lipinski definition) is 0. The quantitative estimate of drug-likeness (QED) is 0.581. The van der Waals surface area contributed by atoms with Gasteiger partial charge in [0.1, 0.15) is 0 Å². The molecule has 0 radical (unpaired) electrons. The molecule has 0 saturated heterocycles. The number of Topliss-reactive ketones (excluding diaryl/α,β-unsaturated/α-hetero) is 1. The van der Waals surface area contributed by atoms with E-state index in [1.165, 1.54) is 2.88 Å². The van der Waals surface area contributed by atoms with Crippen molar-refractivity contribution in [2.75, 3.05) is 0 Å². The normalized spacial score (nSPS) is 10.9. The van der Waals surface area contributed by atoms with Crippen molar-refractivity contribution >= 4 is 39.7 Å². The van der Waals surface area contributed by atoms with Gasteiger partial charge in [-0.3, -0.25) is 4.79 Å². The van der Waals surface area contributed by atoms with Gasteiger partial charge in [-0.15, -0.1) is 11.3 Å². The van der Waals surface area contributed by atoms with Gasteiger partial charge >= 0.3 is 0 Å². The fraction of sp³-hybridized carbons (Fsp3) is 0.545. The van der Waals surface area contributed by atoms with E-state index in [2.05, 4.69) is 36.4 Å². The number of rotatable bonds is 5. The van der Waals surface area contributed by atoms with Crippen molar-refractivity contribution < 1.29 is 4.79 Å². The third kappa shape index (κ3) is 3.35. The first kappa shape index (κ1) is 12.2. The van der Waals surface area contributed by atoms with Crippen molar-refractivity contribution in [3.63, 3.8) is 0 Å². The molecule has 1 aromatic heterocycles. The van der Waals surface area contributed by atoms with Gasteiger partial charge in [0, 0.05) is 17.4 Å². The summed E-state index contributed by atoms with van der Waals surface area (Å²) in [6.07, 6.45) is 2.91. The highest BCUT2D eigenvalue weighted by atomic mass is 127. The molecule has 0 atom stereocenters. The summed E-state index contributed by atoms with van der Waals surface area (Å²) in [5.74, 6) is 0.859. The van der Waals surface area contributed by atoms with Crippen LogP contribution in [0.15, 0.2) is 11.4 Å². The van der Waals surface area contributed by atoms with Gasteiger partial charge < -0.3 is 0 Å². The number of ketones is 1. The first-order valence-corrected chi connectivity index (χ1v) is 6.90. The number of halogens is 1. The molecular formula is C11H15IOS. The fourth-order valence-corrected chi connectivity index (χ4v) is 2.76. The van der Waals surface area contributed by atoms with Crippen LogP contribution in [-0.2, 0) is 0 Å². The molecule has 1 rings (SSSR count). The molecule has 0 unspecified atom stereocenters. The fourth-order valence-electron chi connectivity index (χ4n) is 1.41. The largest absolute Gasteiger partial charge is 0.294 e. The van der Waals surface area contributed by atoms with Crippen LogP contribution in [0.2, 0.25) is 0 Å². The maximum atomic E-state index is 11.8. The van der Waals surface area contributed by atoms with Crippen molar-refractivity contribution in [1.29, 1.82) is 0 Å². The van der Waals surface area contributed by atoms with Crippen molar-refractivity contribution in [2.45, 2.75) is 33.1 Å². The van der Waals surface area contributed by atoms with E-state index in [1.807, 2.05) is 11.4 Å². The lowest BCUT2D eigenvalue weighted by Crippen LogP contribution is -2.06. The van der Waals surface area contributed by atoms with Gasteiger partial charge in [-0.2, -0.15) is 0 Å². The van der Waals surface area contributed by atoms with E-state index >= 15 is 0 Å². The zero-order chi connectivity index (χ0) is 10.6. The van der Waals surface area contributed by atoms with Gasteiger partial charge in [-0.1, -0.05) is 26.7 Å². The van der Waals surface area contributed by atoms with Crippen LogP contribution in [0.25, 0.3) is 0 Å². The lowest BCUT2D eigenvalue weighted by atomic mass is 9.95. The summed E-state index contributed by atoms with van der Waals surface area (Å²) < 4.78 is 1.19. The Morgan fingerprint density at radius 2 is 2.14 bits per heavy atom. The summed E-state index contributed by atoms with van der Waals surface area (Å²) in [6.45, 7) is 4.30. The number of hydrogen-bond acceptors (Lipinski definition) is 2. The zero-order valence-electron chi connectivity index (χ0n) is 8.55. The van der Waals surface area contributed by atoms with Gasteiger partial charge in [0.2, 0.25) is 0 Å². The van der Waals surface area contributed by atoms with Crippen LogP contribution >= 0.6 is 33.9 Å². The maximum Gasteiger partial charge on any atom is 0.164 e. The van der Waals surface area contributed by atoms with E-state index in [4.69, 9.17) is 0 Å². The highest BCUT2D eigenvalue weighted by molar-refractivity contribution is 14.1. The molecule has 0 bridgehead atoms. The van der Waals surface area contributed by atoms with Gasteiger partial charge in [0.05, 0.1) is 2.88 Å². The lowest BCUT2D eigenvalue weighted by Gasteiger charge is -2.09. The van der Waals surface area contributed by atoms with Crippen LogP contribution in [0.1, 0.15) is 43.5 Å². The Labute approximate surface area is 103 Å². The molecule has 0 amide bonds. The van der Waals surface area contributed by atoms with E-state index in [-0.39, 0.29) is 0 Å². The first-order valence-electron chi connectivity index (χ1n) is 4.94. The van der Waals surface area contributed by atoms with Crippen molar-refractivity contribution in [2.24, 2.45) is 5.92 Å². The molecule has 1 nitrogen and oxygen atoms in total. The van der Waals surface area contributed by atoms with E-state index < -0.39 is 0 Å². The third-order valence-corrected chi connectivity index (χ3v) is 4.31. The first-order chi connectivity index (χ1) is 6.67. The second kappa shape index (κ2) is 5.85. The van der Waals surface area contributed by atoms with Crippen LogP contribution in [0, 0.1) is 8.80 Å². The summed E-state index contributed by atoms with van der Waals surface area (Å²) in [5, 5.41) is 1.96. The molecule has 0 aliphatic carbocycles. The van der Waals surface area contributed by atoms with E-state index in [1.54, 1.807) is 11.3 Å². The summed E-state index contributed by atoms with van der Waals surface area (Å²) in [6, 6.07) is 1.98. The van der Waals surface area contributed by atoms with Crippen LogP contribution in [0.5, 0.6) is 0 Å². The molecule has 0 spiro atoms. The minimum Gasteiger partial charge on any atom is -0.294 e. The molecular weight excluding hydrogens is 307 g/mol. The Kier molecular flexibility index (Phi) is 5.09. The highest BCUT2D eigenvalue weighted by Gasteiger charge is 2.13. The van der Waals surface area contributed by atoms with Crippen molar-refractivity contribution in [3.8, 4) is 0 Å². The molecule has 14 heavy (non-hydrogen) atoms. The van der Waals surface area contributed by atoms with Crippen LogP contribution in [0.3, 0.4) is 0 Å². The molecule has 1 heterocycles. The highest BCUT2D eigenvalue weighted by Crippen LogP contribution is 2.21. The van der Waals surface area contributed by atoms with Crippen molar-refractivity contribution in [3.05, 3.63) is 19.9 Å². The minimum atomic E-state index is 0.304. The molecule has 3 heteroatoms. The second-order valence-corrected chi connectivity index (χ2v) is 6.25. The molecule has 0 aliphatic rings. The maximum absolute atomic E-state index is 11.8. The summed E-state index contributed by atoms with van der Waals surface area (Å²) in [5.41, 5.74) is 0.895. The standard InChI is InChI=1S/C11H15IOS/c1-3-8(4-2)5-10(13)9-6-11(12)14-7-9/h6-8H,3-5H2,1-2H3. The lowest BCUT2D eigenvalue weighted by molar-refractivity contribution is 0.0959. The molecule has 0 fully saturated rings. The minimum absolute atomic E-state index is 0.304. The van der Waals surface area contributed by atoms with Crippen LogP contribution in [-0.4, -0.2) is 5.78 Å². The van der Waals surface area contributed by atoms with Crippen molar-refractivity contribution in [1.82, 2.24) is 0 Å². The van der Waals surface area contributed by atoms with E-state index in [0.29, 0.717) is 18.1 Å². The Hall–Kier alpha value is 0.1000. The summed E-state index contributed by atoms with van der Waals surface area (Å²) in [7, 11) is 0. The number of thiophene rings is 1. The SMILES string of the molecule is CCC(CC)CC(=O)c1csc(I)c1. The van der Waals surface area contributed by atoms with Crippen LogP contribution in [0.4, 0.5) is 0 Å². The predicted octanol–water partition coefficient (Wildman–Crippen LogP) is 4.36. The molecule has 0 N–H and O–H groups in total. The van der Waals surface area contributed by atoms with Crippen LogP contribution < -0.4 is 0 Å². The Bertz CT molecular complexity index is 302. The Morgan fingerprint density at radius 3 is 2.57 bits per heavy atom. The monoisotopic (exact) mass is 322 g/mol. The molecule has 0 aromatic carbocycles. The average Bonchev–Trinajstić information content (AvgIpc) is 2.61. The Morgan fingerprint density at radius 1 is 1.50 bits per heavy atom. The van der Waals surface area contributed by atoms with Gasteiger partial charge in [-0.05, 0) is 34.6 Å². The third-order valence-electron chi connectivity index (χ3n) is 2.52.